The topological polar surface area (TPSA) is 72.2 Å². The van der Waals surface area contributed by atoms with Gasteiger partial charge in [0.25, 0.3) is 5.69 Å². The van der Waals surface area contributed by atoms with Gasteiger partial charge in [-0.2, -0.15) is 0 Å². The number of nitrogens with zero attached hydrogens (tertiary/aromatic N) is 1. The maximum Gasteiger partial charge on any atom is 0.269 e. The number of anilines is 1. The zero-order valence-electron chi connectivity index (χ0n) is 13.6. The van der Waals surface area contributed by atoms with Crippen LogP contribution >= 0.6 is 11.8 Å². The highest BCUT2D eigenvalue weighted by atomic mass is 32.2. The molecule has 0 radical (unpaired) electrons. The third kappa shape index (κ3) is 3.97. The number of aryl methyl sites for hydroxylation is 1. The maximum absolute atomic E-state index is 12.2. The molecule has 0 spiro atoms. The average molecular weight is 352 g/mol. The molecule has 0 atom stereocenters. The van der Waals surface area contributed by atoms with Gasteiger partial charge in [0.05, 0.1) is 10.7 Å². The van der Waals surface area contributed by atoms with Crippen LogP contribution in [0, 0.1) is 17.0 Å². The molecule has 3 aromatic carbocycles. The molecule has 0 aliphatic rings. The van der Waals surface area contributed by atoms with E-state index in [0.29, 0.717) is 11.3 Å². The van der Waals surface area contributed by atoms with Gasteiger partial charge in [-0.15, -0.1) is 11.8 Å². The van der Waals surface area contributed by atoms with Crippen LogP contribution in [-0.4, -0.2) is 16.6 Å². The third-order valence-corrected chi connectivity index (χ3v) is 4.88. The quantitative estimate of drug-likeness (QED) is 0.407. The minimum Gasteiger partial charge on any atom is -0.325 e. The zero-order chi connectivity index (χ0) is 17.8. The van der Waals surface area contributed by atoms with Crippen LogP contribution < -0.4 is 5.32 Å². The molecule has 0 unspecified atom stereocenters. The van der Waals surface area contributed by atoms with Gasteiger partial charge in [0, 0.05) is 22.7 Å². The summed E-state index contributed by atoms with van der Waals surface area (Å²) >= 11 is 1.47. The number of thioether (sulfide) groups is 1. The molecule has 0 aliphatic heterocycles. The van der Waals surface area contributed by atoms with Gasteiger partial charge < -0.3 is 5.32 Å². The van der Waals surface area contributed by atoms with E-state index in [0.717, 1.165) is 15.7 Å². The van der Waals surface area contributed by atoms with Crippen molar-refractivity contribution in [2.45, 2.75) is 11.8 Å². The number of amides is 1. The number of carbonyl (C=O) groups excluding carboxylic acids is 1. The number of hydrogen-bond donors (Lipinski definition) is 1. The minimum atomic E-state index is -0.449. The Kier molecular flexibility index (Phi) is 5.00. The van der Waals surface area contributed by atoms with Crippen LogP contribution in [0.5, 0.6) is 0 Å². The molecule has 5 nitrogen and oxygen atoms in total. The third-order valence-electron chi connectivity index (χ3n) is 3.80. The number of nitro benzene ring substituents is 1. The largest absolute Gasteiger partial charge is 0.325 e. The predicted octanol–water partition coefficient (Wildman–Crippen LogP) is 4.79. The van der Waals surface area contributed by atoms with Crippen molar-refractivity contribution in [3.63, 3.8) is 0 Å². The van der Waals surface area contributed by atoms with Crippen molar-refractivity contribution in [1.82, 2.24) is 0 Å². The molecule has 0 bridgehead atoms. The van der Waals surface area contributed by atoms with Gasteiger partial charge >= 0.3 is 0 Å². The van der Waals surface area contributed by atoms with Gasteiger partial charge in [-0.1, -0.05) is 36.4 Å². The molecule has 126 valence electrons. The molecule has 3 aromatic rings. The number of rotatable bonds is 5. The maximum atomic E-state index is 12.2. The van der Waals surface area contributed by atoms with E-state index >= 15 is 0 Å². The first-order chi connectivity index (χ1) is 12.0. The Labute approximate surface area is 149 Å². The molecular formula is C19H16N2O3S. The van der Waals surface area contributed by atoms with Crippen LogP contribution in [0.15, 0.2) is 65.6 Å². The van der Waals surface area contributed by atoms with Crippen LogP contribution in [0.1, 0.15) is 5.56 Å². The smallest absolute Gasteiger partial charge is 0.269 e. The molecule has 3 rings (SSSR count). The van der Waals surface area contributed by atoms with E-state index in [9.17, 15) is 14.9 Å². The molecule has 0 saturated heterocycles. The summed E-state index contributed by atoms with van der Waals surface area (Å²) in [6.07, 6.45) is 0. The first-order valence-electron chi connectivity index (χ1n) is 7.70. The number of non-ortho nitro benzene ring substituents is 1. The van der Waals surface area contributed by atoms with Crippen molar-refractivity contribution in [2.24, 2.45) is 0 Å². The number of fused-ring (bicyclic) bond motifs is 1. The van der Waals surface area contributed by atoms with Crippen LogP contribution in [0.4, 0.5) is 11.4 Å². The zero-order valence-corrected chi connectivity index (χ0v) is 14.4. The van der Waals surface area contributed by atoms with Crippen molar-refractivity contribution in [3.8, 4) is 0 Å². The lowest BCUT2D eigenvalue weighted by Crippen LogP contribution is -2.14. The lowest BCUT2D eigenvalue weighted by molar-refractivity contribution is -0.384. The monoisotopic (exact) mass is 352 g/mol. The van der Waals surface area contributed by atoms with Crippen molar-refractivity contribution < 1.29 is 9.72 Å². The number of carbonyl (C=O) groups is 1. The van der Waals surface area contributed by atoms with E-state index in [2.05, 4.69) is 5.32 Å². The number of nitro groups is 1. The average Bonchev–Trinajstić information content (AvgIpc) is 2.61. The van der Waals surface area contributed by atoms with Crippen molar-refractivity contribution in [2.75, 3.05) is 11.1 Å². The molecular weight excluding hydrogens is 336 g/mol. The van der Waals surface area contributed by atoms with E-state index < -0.39 is 4.92 Å². The standard InChI is InChI=1S/C19H16N2O3S/c1-13-11-15(21(23)24)9-10-17(13)20-19(22)12-25-18-8-4-6-14-5-2-3-7-16(14)18/h2-11H,12H2,1H3,(H,20,22). The van der Waals surface area contributed by atoms with Crippen molar-refractivity contribution in [3.05, 3.63) is 76.3 Å². The van der Waals surface area contributed by atoms with E-state index in [-0.39, 0.29) is 17.3 Å². The van der Waals surface area contributed by atoms with Crippen LogP contribution in [0.25, 0.3) is 10.8 Å². The summed E-state index contributed by atoms with van der Waals surface area (Å²) < 4.78 is 0. The Morgan fingerprint density at radius 2 is 1.88 bits per heavy atom. The summed E-state index contributed by atoms with van der Waals surface area (Å²) in [5.74, 6) is 0.125. The van der Waals surface area contributed by atoms with Crippen LogP contribution in [0.2, 0.25) is 0 Å². The van der Waals surface area contributed by atoms with Gasteiger partial charge in [-0.05, 0) is 35.4 Å². The summed E-state index contributed by atoms with van der Waals surface area (Å²) in [6.45, 7) is 1.74. The van der Waals surface area contributed by atoms with Crippen LogP contribution in [0.3, 0.4) is 0 Å². The normalized spacial score (nSPS) is 10.6. The Balaban J connectivity index is 1.68. The van der Waals surface area contributed by atoms with Gasteiger partial charge in [-0.3, -0.25) is 14.9 Å². The molecule has 0 fully saturated rings. The molecule has 1 N–H and O–H groups in total. The predicted molar refractivity (Wildman–Crippen MR) is 101 cm³/mol. The van der Waals surface area contributed by atoms with E-state index in [4.69, 9.17) is 0 Å². The second-order valence-corrected chi connectivity index (χ2v) is 6.59. The number of nitrogens with one attached hydrogen (secondary N) is 1. The summed E-state index contributed by atoms with van der Waals surface area (Å²) in [6, 6.07) is 18.5. The fourth-order valence-electron chi connectivity index (χ4n) is 2.55. The summed E-state index contributed by atoms with van der Waals surface area (Å²) in [5, 5.41) is 15.8. The Morgan fingerprint density at radius 1 is 1.12 bits per heavy atom. The molecule has 0 aliphatic carbocycles. The highest BCUT2D eigenvalue weighted by Gasteiger charge is 2.11. The van der Waals surface area contributed by atoms with E-state index in [1.54, 1.807) is 13.0 Å². The van der Waals surface area contributed by atoms with Crippen molar-refractivity contribution >= 4 is 39.8 Å². The van der Waals surface area contributed by atoms with Gasteiger partial charge in [0.1, 0.15) is 0 Å². The summed E-state index contributed by atoms with van der Waals surface area (Å²) in [5.41, 5.74) is 1.27. The Morgan fingerprint density at radius 3 is 2.64 bits per heavy atom. The Bertz CT molecular complexity index is 951. The van der Waals surface area contributed by atoms with Gasteiger partial charge in [0.15, 0.2) is 0 Å². The molecule has 6 heteroatoms. The minimum absolute atomic E-state index is 0.0145. The van der Waals surface area contributed by atoms with Gasteiger partial charge in [-0.25, -0.2) is 0 Å². The molecule has 0 heterocycles. The molecule has 25 heavy (non-hydrogen) atoms. The van der Waals surface area contributed by atoms with E-state index in [1.807, 2.05) is 42.5 Å². The summed E-state index contributed by atoms with van der Waals surface area (Å²) in [4.78, 5) is 23.6. The fourth-order valence-corrected chi connectivity index (χ4v) is 3.43. The summed E-state index contributed by atoms with van der Waals surface area (Å²) in [7, 11) is 0. The second-order valence-electron chi connectivity index (χ2n) is 5.57. The first-order valence-corrected chi connectivity index (χ1v) is 8.68. The lowest BCUT2D eigenvalue weighted by atomic mass is 10.1. The lowest BCUT2D eigenvalue weighted by Gasteiger charge is -2.09. The fraction of sp³-hybridized carbons (Fsp3) is 0.105. The number of benzene rings is 3. The highest BCUT2D eigenvalue weighted by Crippen LogP contribution is 2.28. The first kappa shape index (κ1) is 17.0. The highest BCUT2D eigenvalue weighted by molar-refractivity contribution is 8.00. The van der Waals surface area contributed by atoms with Crippen LogP contribution in [-0.2, 0) is 4.79 Å². The van der Waals surface area contributed by atoms with Crippen molar-refractivity contribution in [1.29, 1.82) is 0 Å². The molecule has 1 amide bonds. The number of hydrogen-bond acceptors (Lipinski definition) is 4. The van der Waals surface area contributed by atoms with E-state index in [1.165, 1.54) is 23.9 Å². The SMILES string of the molecule is Cc1cc([N+](=O)[O-])ccc1NC(=O)CSc1cccc2ccccc12. The van der Waals surface area contributed by atoms with Gasteiger partial charge in [0.2, 0.25) is 5.91 Å². The molecule has 0 aromatic heterocycles. The Hall–Kier alpha value is -2.86. The second kappa shape index (κ2) is 7.36. The molecule has 0 saturated carbocycles.